The van der Waals surface area contributed by atoms with Crippen LogP contribution in [0.4, 0.5) is 0 Å². The zero-order valence-electron chi connectivity index (χ0n) is 10.8. The van der Waals surface area contributed by atoms with Gasteiger partial charge in [0.05, 0.1) is 13.0 Å². The molecule has 1 saturated heterocycles. The fourth-order valence-electron chi connectivity index (χ4n) is 1.60. The smallest absolute Gasteiger partial charge is 0.309 e. The van der Waals surface area contributed by atoms with Gasteiger partial charge in [0.1, 0.15) is 0 Å². The lowest BCUT2D eigenvalue weighted by Crippen LogP contribution is -2.34. The minimum Gasteiger partial charge on any atom is -0.469 e. The van der Waals surface area contributed by atoms with Crippen molar-refractivity contribution >= 4 is 5.97 Å². The molecule has 0 unspecified atom stereocenters. The largest absolute Gasteiger partial charge is 0.469 e. The zero-order chi connectivity index (χ0) is 13.6. The van der Waals surface area contributed by atoms with Crippen molar-refractivity contribution in [1.29, 1.82) is 0 Å². The third kappa shape index (κ3) is 7.48. The van der Waals surface area contributed by atoms with Crippen LogP contribution in [0.25, 0.3) is 0 Å². The molecule has 0 radical (unpaired) electrons. The molecule has 2 rings (SSSR count). The van der Waals surface area contributed by atoms with Crippen molar-refractivity contribution in [2.75, 3.05) is 20.2 Å². The van der Waals surface area contributed by atoms with E-state index >= 15 is 0 Å². The molecule has 1 fully saturated rings. The van der Waals surface area contributed by atoms with E-state index in [0.29, 0.717) is 0 Å². The molecule has 18 heavy (non-hydrogen) atoms. The summed E-state index contributed by atoms with van der Waals surface area (Å²) in [6, 6.07) is 12.0. The van der Waals surface area contributed by atoms with Crippen LogP contribution in [0.3, 0.4) is 0 Å². The number of piperidine rings is 1. The van der Waals surface area contributed by atoms with Crippen molar-refractivity contribution in [3.05, 3.63) is 36.4 Å². The van der Waals surface area contributed by atoms with E-state index in [0.717, 1.165) is 25.9 Å². The van der Waals surface area contributed by atoms with Crippen LogP contribution < -0.4 is 5.32 Å². The van der Waals surface area contributed by atoms with Gasteiger partial charge in [-0.25, -0.2) is 0 Å². The van der Waals surface area contributed by atoms with Crippen molar-refractivity contribution in [2.45, 2.75) is 12.8 Å². The molecule has 1 N–H and O–H groups in total. The van der Waals surface area contributed by atoms with Gasteiger partial charge in [-0.3, -0.25) is 4.79 Å². The number of methoxy groups -OCH3 is 1. The van der Waals surface area contributed by atoms with Crippen LogP contribution in [0.5, 0.6) is 0 Å². The summed E-state index contributed by atoms with van der Waals surface area (Å²) in [6.45, 7) is 1.82. The van der Waals surface area contributed by atoms with Crippen LogP contribution in [-0.2, 0) is 9.53 Å². The summed E-state index contributed by atoms with van der Waals surface area (Å²) in [5, 5.41) is 3.15. The van der Waals surface area contributed by atoms with Crippen molar-refractivity contribution in [3.8, 4) is 12.8 Å². The number of carbonyl (C=O) groups excluding carboxylic acids is 1. The van der Waals surface area contributed by atoms with Gasteiger partial charge in [0.25, 0.3) is 0 Å². The number of esters is 1. The number of ether oxygens (including phenoxy) is 1. The highest BCUT2D eigenvalue weighted by Crippen LogP contribution is 2.10. The van der Waals surface area contributed by atoms with Crippen molar-refractivity contribution in [1.82, 2.24) is 5.32 Å². The Morgan fingerprint density at radius 3 is 2.00 bits per heavy atom. The second-order valence-electron chi connectivity index (χ2n) is 3.72. The third-order valence-electron chi connectivity index (χ3n) is 2.50. The first-order valence-corrected chi connectivity index (χ1v) is 5.96. The van der Waals surface area contributed by atoms with Gasteiger partial charge in [-0.2, -0.15) is 0 Å². The molecule has 1 aromatic carbocycles. The molecule has 1 heterocycles. The van der Waals surface area contributed by atoms with E-state index in [2.05, 4.69) is 22.9 Å². The first kappa shape index (κ1) is 16.2. The number of rotatable bonds is 1. The summed E-state index contributed by atoms with van der Waals surface area (Å²) >= 11 is 0. The number of hydrogen-bond acceptors (Lipinski definition) is 3. The maximum Gasteiger partial charge on any atom is 0.309 e. The van der Waals surface area contributed by atoms with Crippen LogP contribution in [0.2, 0.25) is 0 Å². The summed E-state index contributed by atoms with van der Waals surface area (Å²) in [7, 11) is 1.44. The standard InChI is InChI=1S/C7H13NO2.C6H6.C2H2/c1-10-7(9)6-3-2-4-8-5-6;1-2-4-6-5-3-1;1-2/h6,8H,2-5H2,1H3;1-6H;1-2H/t6-;;/m1../s1. The Kier molecular flexibility index (Phi) is 10.5. The molecule has 1 aromatic rings. The topological polar surface area (TPSA) is 38.3 Å². The van der Waals surface area contributed by atoms with Crippen LogP contribution >= 0.6 is 0 Å². The second-order valence-corrected chi connectivity index (χ2v) is 3.72. The van der Waals surface area contributed by atoms with Crippen molar-refractivity contribution in [3.63, 3.8) is 0 Å². The van der Waals surface area contributed by atoms with Gasteiger partial charge in [0.2, 0.25) is 0 Å². The highest BCUT2D eigenvalue weighted by atomic mass is 16.5. The Labute approximate surface area is 110 Å². The van der Waals surface area contributed by atoms with Crippen LogP contribution in [0.15, 0.2) is 36.4 Å². The normalized spacial score (nSPS) is 17.2. The highest BCUT2D eigenvalue weighted by molar-refractivity contribution is 5.72. The van der Waals surface area contributed by atoms with E-state index in [-0.39, 0.29) is 11.9 Å². The Bertz CT molecular complexity index is 289. The minimum absolute atomic E-state index is 0.0767. The first-order valence-electron chi connectivity index (χ1n) is 5.96. The van der Waals surface area contributed by atoms with Crippen LogP contribution in [0.1, 0.15) is 12.8 Å². The van der Waals surface area contributed by atoms with E-state index in [1.54, 1.807) is 0 Å². The lowest BCUT2D eigenvalue weighted by molar-refractivity contribution is -0.145. The minimum atomic E-state index is -0.0767. The summed E-state index contributed by atoms with van der Waals surface area (Å²) in [5.41, 5.74) is 0. The molecule has 1 aliphatic heterocycles. The third-order valence-corrected chi connectivity index (χ3v) is 2.50. The molecule has 0 amide bonds. The Hall–Kier alpha value is -1.79. The molecule has 98 valence electrons. The Morgan fingerprint density at radius 1 is 1.17 bits per heavy atom. The van der Waals surface area contributed by atoms with Gasteiger partial charge in [-0.15, -0.1) is 12.8 Å². The lowest BCUT2D eigenvalue weighted by Gasteiger charge is -2.19. The predicted octanol–water partition coefficient (Wildman–Crippen LogP) is 2.09. The maximum absolute atomic E-state index is 10.9. The molecule has 0 saturated carbocycles. The van der Waals surface area contributed by atoms with Crippen LogP contribution in [-0.4, -0.2) is 26.2 Å². The molecule has 0 aliphatic carbocycles. The Morgan fingerprint density at radius 2 is 1.67 bits per heavy atom. The number of hydrogen-bond donors (Lipinski definition) is 1. The number of benzene rings is 1. The number of nitrogens with one attached hydrogen (secondary N) is 1. The van der Waals surface area contributed by atoms with Gasteiger partial charge >= 0.3 is 5.97 Å². The molecule has 3 nitrogen and oxygen atoms in total. The predicted molar refractivity (Wildman–Crippen MR) is 73.9 cm³/mol. The summed E-state index contributed by atoms with van der Waals surface area (Å²) < 4.78 is 4.61. The highest BCUT2D eigenvalue weighted by Gasteiger charge is 2.20. The molecule has 1 aliphatic rings. The number of terminal acetylenes is 1. The van der Waals surface area contributed by atoms with E-state index < -0.39 is 0 Å². The first-order chi connectivity index (χ1) is 8.84. The monoisotopic (exact) mass is 247 g/mol. The van der Waals surface area contributed by atoms with E-state index in [1.165, 1.54) is 7.11 Å². The molecular weight excluding hydrogens is 226 g/mol. The molecule has 0 aromatic heterocycles. The van der Waals surface area contributed by atoms with Gasteiger partial charge < -0.3 is 10.1 Å². The van der Waals surface area contributed by atoms with E-state index in [1.807, 2.05) is 36.4 Å². The molecule has 1 atom stereocenters. The fourth-order valence-corrected chi connectivity index (χ4v) is 1.60. The summed E-state index contributed by atoms with van der Waals surface area (Å²) in [5.74, 6) is 0.0194. The number of carbonyl (C=O) groups is 1. The maximum atomic E-state index is 10.9. The van der Waals surface area contributed by atoms with Crippen LogP contribution in [0, 0.1) is 18.8 Å². The Balaban J connectivity index is 0.000000308. The van der Waals surface area contributed by atoms with Gasteiger partial charge in [-0.1, -0.05) is 36.4 Å². The molecule has 0 bridgehead atoms. The quantitative estimate of drug-likeness (QED) is 0.610. The van der Waals surface area contributed by atoms with Crippen molar-refractivity contribution < 1.29 is 9.53 Å². The van der Waals surface area contributed by atoms with Gasteiger partial charge in [0, 0.05) is 6.54 Å². The second kappa shape index (κ2) is 11.7. The average molecular weight is 247 g/mol. The average Bonchev–Trinajstić information content (AvgIpc) is 2.52. The molecule has 0 spiro atoms. The zero-order valence-corrected chi connectivity index (χ0v) is 10.8. The molecule has 3 heteroatoms. The summed E-state index contributed by atoms with van der Waals surface area (Å²) in [6.07, 6.45) is 10.1. The van der Waals surface area contributed by atoms with Crippen molar-refractivity contribution in [2.24, 2.45) is 5.92 Å². The fraction of sp³-hybridized carbons (Fsp3) is 0.400. The SMILES string of the molecule is C#C.COC(=O)[C@@H]1CCCNC1.c1ccccc1. The van der Waals surface area contributed by atoms with Gasteiger partial charge in [0.15, 0.2) is 0 Å². The van der Waals surface area contributed by atoms with Gasteiger partial charge in [-0.05, 0) is 19.4 Å². The summed E-state index contributed by atoms with van der Waals surface area (Å²) in [4.78, 5) is 10.9. The van der Waals surface area contributed by atoms with E-state index in [4.69, 9.17) is 0 Å². The lowest BCUT2D eigenvalue weighted by atomic mass is 10.0. The van der Waals surface area contributed by atoms with E-state index in [9.17, 15) is 4.79 Å². The molecular formula is C15H21NO2.